The first-order chi connectivity index (χ1) is 16.7. The number of fused-ring (bicyclic) bond motifs is 5. The number of allylic oxidation sites excluding steroid dienone is 4. The first-order valence-electron chi connectivity index (χ1n) is 11.5. The van der Waals surface area contributed by atoms with Gasteiger partial charge in [-0.25, -0.2) is 4.98 Å². The van der Waals surface area contributed by atoms with Crippen LogP contribution in [0.2, 0.25) is 5.15 Å². The molecule has 168 valence electrons. The van der Waals surface area contributed by atoms with Gasteiger partial charge in [-0.3, -0.25) is 4.79 Å². The van der Waals surface area contributed by atoms with Crippen molar-refractivity contribution in [1.82, 2.24) is 10.3 Å². The van der Waals surface area contributed by atoms with Crippen molar-refractivity contribution in [1.29, 1.82) is 0 Å². The molecule has 1 atom stereocenters. The van der Waals surface area contributed by atoms with E-state index >= 15 is 0 Å². The fraction of sp³-hybridized carbons (Fsp3) is 0.133. The van der Waals surface area contributed by atoms with E-state index in [9.17, 15) is 4.79 Å². The number of pyridine rings is 1. The summed E-state index contributed by atoms with van der Waals surface area (Å²) >= 11 is 6.16. The molecule has 0 bridgehead atoms. The van der Waals surface area contributed by atoms with Gasteiger partial charge in [0.1, 0.15) is 5.15 Å². The minimum atomic E-state index is -0.156. The van der Waals surface area contributed by atoms with Crippen LogP contribution in [0.15, 0.2) is 91.4 Å². The Hall–Kier alpha value is -3.69. The zero-order chi connectivity index (χ0) is 23.3. The number of benzene rings is 2. The molecule has 6 rings (SSSR count). The van der Waals surface area contributed by atoms with E-state index in [0.29, 0.717) is 5.56 Å². The van der Waals surface area contributed by atoms with Crippen molar-refractivity contribution in [2.24, 2.45) is 5.92 Å². The summed E-state index contributed by atoms with van der Waals surface area (Å²) in [5.74, 6) is -0.0937. The van der Waals surface area contributed by atoms with E-state index in [1.807, 2.05) is 36.7 Å². The number of Topliss-reactive ketones (excluding diaryl/α,β-unsaturated/α-hetero) is 1. The molecule has 0 spiro atoms. The van der Waals surface area contributed by atoms with E-state index in [4.69, 9.17) is 11.6 Å². The number of halogens is 1. The zero-order valence-electron chi connectivity index (χ0n) is 18.7. The third kappa shape index (κ3) is 4.52. The molecule has 2 heterocycles. The molecule has 34 heavy (non-hydrogen) atoms. The van der Waals surface area contributed by atoms with Crippen LogP contribution in [0.5, 0.6) is 0 Å². The van der Waals surface area contributed by atoms with Crippen LogP contribution in [0.25, 0.3) is 23.3 Å². The molecule has 3 aromatic rings. The quantitative estimate of drug-likeness (QED) is 0.422. The molecule has 0 radical (unpaired) electrons. The molecule has 1 unspecified atom stereocenters. The SMILES string of the molecule is C1=CC=CNC=C1.O=C(c1cccnc1Cl)C1C=c2c(ccc3c2=CCc2ccccc2-3)CC1. The van der Waals surface area contributed by atoms with E-state index in [0.717, 1.165) is 19.3 Å². The number of aromatic nitrogens is 1. The highest BCUT2D eigenvalue weighted by atomic mass is 35.5. The lowest BCUT2D eigenvalue weighted by atomic mass is 9.82. The number of carbonyl (C=O) groups is 1. The van der Waals surface area contributed by atoms with E-state index < -0.39 is 0 Å². The van der Waals surface area contributed by atoms with E-state index in [1.54, 1.807) is 18.3 Å². The lowest BCUT2D eigenvalue weighted by molar-refractivity contribution is 0.0946. The van der Waals surface area contributed by atoms with Crippen LogP contribution in [0.4, 0.5) is 0 Å². The second kappa shape index (κ2) is 10.1. The minimum Gasteiger partial charge on any atom is -0.368 e. The predicted octanol–water partition coefficient (Wildman–Crippen LogP) is 5.14. The number of hydrogen-bond donors (Lipinski definition) is 1. The summed E-state index contributed by atoms with van der Waals surface area (Å²) in [4.78, 5) is 17.1. The normalized spacial score (nSPS) is 16.8. The topological polar surface area (TPSA) is 42.0 Å². The largest absolute Gasteiger partial charge is 0.368 e. The van der Waals surface area contributed by atoms with Crippen LogP contribution >= 0.6 is 11.6 Å². The van der Waals surface area contributed by atoms with Gasteiger partial charge in [0.2, 0.25) is 0 Å². The Morgan fingerprint density at radius 3 is 2.53 bits per heavy atom. The highest BCUT2D eigenvalue weighted by Gasteiger charge is 2.24. The number of nitrogens with one attached hydrogen (secondary N) is 1. The van der Waals surface area contributed by atoms with Crippen LogP contribution in [0.1, 0.15) is 27.9 Å². The Balaban J connectivity index is 0.000000297. The maximum atomic E-state index is 13.0. The van der Waals surface area contributed by atoms with Gasteiger partial charge in [0.25, 0.3) is 0 Å². The van der Waals surface area contributed by atoms with Crippen molar-refractivity contribution in [3.8, 4) is 11.1 Å². The molecular weight excluding hydrogens is 440 g/mol. The van der Waals surface area contributed by atoms with E-state index in [1.165, 1.54) is 32.7 Å². The highest BCUT2D eigenvalue weighted by Crippen LogP contribution is 2.26. The summed E-state index contributed by atoms with van der Waals surface area (Å²) in [6.45, 7) is 0. The second-order valence-corrected chi connectivity index (χ2v) is 8.81. The summed E-state index contributed by atoms with van der Waals surface area (Å²) in [6, 6.07) is 16.5. The second-order valence-electron chi connectivity index (χ2n) is 8.45. The lowest BCUT2D eigenvalue weighted by Crippen LogP contribution is -2.37. The average Bonchev–Trinajstić information content (AvgIpc) is 3.22. The van der Waals surface area contributed by atoms with Crippen LogP contribution < -0.4 is 15.8 Å². The first kappa shape index (κ1) is 22.1. The molecular formula is C30H25ClN2O. The zero-order valence-corrected chi connectivity index (χ0v) is 19.5. The van der Waals surface area contributed by atoms with Gasteiger partial charge in [0, 0.05) is 24.5 Å². The van der Waals surface area contributed by atoms with Crippen molar-refractivity contribution >= 4 is 29.5 Å². The van der Waals surface area contributed by atoms with Crippen molar-refractivity contribution in [2.75, 3.05) is 0 Å². The molecule has 1 aliphatic heterocycles. The molecule has 1 N–H and O–H groups in total. The number of ketones is 1. The number of nitrogens with zero attached hydrogens (tertiary/aromatic N) is 1. The molecule has 0 saturated carbocycles. The third-order valence-corrected chi connectivity index (χ3v) is 6.68. The number of aryl methyl sites for hydroxylation is 1. The van der Waals surface area contributed by atoms with Crippen molar-refractivity contribution in [2.45, 2.75) is 19.3 Å². The molecule has 3 aliphatic rings. The predicted molar refractivity (Wildman–Crippen MR) is 140 cm³/mol. The molecule has 2 aliphatic carbocycles. The van der Waals surface area contributed by atoms with Gasteiger partial charge in [-0.2, -0.15) is 0 Å². The average molecular weight is 465 g/mol. The molecule has 4 heteroatoms. The number of carbonyl (C=O) groups excluding carboxylic acids is 1. The molecule has 1 aromatic heterocycles. The molecule has 0 fully saturated rings. The third-order valence-electron chi connectivity index (χ3n) is 6.38. The van der Waals surface area contributed by atoms with Crippen molar-refractivity contribution in [3.63, 3.8) is 0 Å². The fourth-order valence-electron chi connectivity index (χ4n) is 4.70. The minimum absolute atomic E-state index is 0.0626. The monoisotopic (exact) mass is 464 g/mol. The maximum absolute atomic E-state index is 13.0. The van der Waals surface area contributed by atoms with Crippen molar-refractivity contribution < 1.29 is 4.79 Å². The van der Waals surface area contributed by atoms with Gasteiger partial charge in [-0.1, -0.05) is 72.3 Å². The maximum Gasteiger partial charge on any atom is 0.172 e. The molecule has 0 saturated heterocycles. The Morgan fingerprint density at radius 2 is 1.71 bits per heavy atom. The molecule has 0 amide bonds. The van der Waals surface area contributed by atoms with Gasteiger partial charge in [-0.05, 0) is 76.2 Å². The smallest absolute Gasteiger partial charge is 0.172 e. The standard InChI is InChI=1S/C24H18ClNO.C6H7N/c25-24-21(6-3-13-26-24)23(27)17-8-7-16-10-11-19-18-5-2-1-4-15(18)9-12-20(19)22(16)14-17;1-2-4-6-7-5-3-1/h1-6,10-14,17H,7-9H2;1-7H. The Morgan fingerprint density at radius 1 is 0.882 bits per heavy atom. The van der Waals surface area contributed by atoms with E-state index in [-0.39, 0.29) is 16.9 Å². The molecule has 3 nitrogen and oxygen atoms in total. The van der Waals surface area contributed by atoms with Crippen LogP contribution in [-0.4, -0.2) is 10.8 Å². The number of hydrogen-bond acceptors (Lipinski definition) is 3. The summed E-state index contributed by atoms with van der Waals surface area (Å²) in [7, 11) is 0. The van der Waals surface area contributed by atoms with E-state index in [2.05, 4.69) is 58.9 Å². The van der Waals surface area contributed by atoms with Gasteiger partial charge < -0.3 is 5.32 Å². The molecule has 2 aromatic carbocycles. The number of rotatable bonds is 2. The Kier molecular flexibility index (Phi) is 6.55. The van der Waals surface area contributed by atoms with Gasteiger partial charge in [0.05, 0.1) is 5.56 Å². The van der Waals surface area contributed by atoms with Crippen LogP contribution in [0, 0.1) is 5.92 Å². The van der Waals surface area contributed by atoms with Gasteiger partial charge in [-0.15, -0.1) is 0 Å². The van der Waals surface area contributed by atoms with Crippen LogP contribution in [0.3, 0.4) is 0 Å². The fourth-order valence-corrected chi connectivity index (χ4v) is 4.91. The summed E-state index contributed by atoms with van der Waals surface area (Å²) in [6.07, 6.45) is 20.3. The summed E-state index contributed by atoms with van der Waals surface area (Å²) < 4.78 is 0. The van der Waals surface area contributed by atoms with Gasteiger partial charge in [0.15, 0.2) is 5.78 Å². The van der Waals surface area contributed by atoms with Crippen LogP contribution in [-0.2, 0) is 12.8 Å². The Labute approximate surface area is 204 Å². The van der Waals surface area contributed by atoms with Crippen molar-refractivity contribution in [3.05, 3.63) is 124 Å². The lowest BCUT2D eigenvalue weighted by Gasteiger charge is -2.21. The highest BCUT2D eigenvalue weighted by molar-refractivity contribution is 6.33. The summed E-state index contributed by atoms with van der Waals surface area (Å²) in [5.41, 5.74) is 5.76. The Bertz CT molecular complexity index is 1430. The first-order valence-corrected chi connectivity index (χ1v) is 11.9. The summed E-state index contributed by atoms with van der Waals surface area (Å²) in [5, 5.41) is 5.69. The van der Waals surface area contributed by atoms with Gasteiger partial charge >= 0.3 is 0 Å².